The number of hydrogen-bond donors (Lipinski definition) is 1. The Labute approximate surface area is 90.7 Å². The number of halogens is 1. The van der Waals surface area contributed by atoms with Gasteiger partial charge in [-0.2, -0.15) is 0 Å². The molecule has 0 saturated carbocycles. The normalized spacial score (nSPS) is 12.7. The first-order valence-corrected chi connectivity index (χ1v) is 5.51. The molecule has 0 amide bonds. The van der Waals surface area contributed by atoms with E-state index in [-0.39, 0.29) is 0 Å². The highest BCUT2D eigenvalue weighted by atomic mass is 35.5. The summed E-state index contributed by atoms with van der Waals surface area (Å²) in [4.78, 5) is 4.22. The maximum Gasteiger partial charge on any atom is 0.0541 e. The van der Waals surface area contributed by atoms with Gasteiger partial charge in [-0.15, -0.1) is 11.6 Å². The van der Waals surface area contributed by atoms with Crippen molar-refractivity contribution in [3.63, 3.8) is 0 Å². The van der Waals surface area contributed by atoms with E-state index in [1.807, 2.05) is 24.4 Å². The second-order valence-corrected chi connectivity index (χ2v) is 3.91. The minimum Gasteiger partial charge on any atom is -0.311 e. The molecule has 1 aromatic rings. The Morgan fingerprint density at radius 3 is 3.00 bits per heavy atom. The lowest BCUT2D eigenvalue weighted by Crippen LogP contribution is -2.18. The lowest BCUT2D eigenvalue weighted by Gasteiger charge is -2.07. The van der Waals surface area contributed by atoms with Crippen LogP contribution >= 0.6 is 11.6 Å². The van der Waals surface area contributed by atoms with E-state index in [9.17, 15) is 0 Å². The fourth-order valence-corrected chi connectivity index (χ4v) is 1.29. The summed E-state index contributed by atoms with van der Waals surface area (Å²) in [5.41, 5.74) is 1.08. The molecule has 0 bridgehead atoms. The van der Waals surface area contributed by atoms with Crippen LogP contribution in [0.1, 0.15) is 25.5 Å². The van der Waals surface area contributed by atoms with E-state index >= 15 is 0 Å². The molecule has 1 heterocycles. The van der Waals surface area contributed by atoms with E-state index in [0.29, 0.717) is 5.38 Å². The van der Waals surface area contributed by atoms with Crippen LogP contribution < -0.4 is 5.32 Å². The number of pyridine rings is 1. The summed E-state index contributed by atoms with van der Waals surface area (Å²) in [5.74, 6) is 0. The number of nitrogens with one attached hydrogen (secondary N) is 1. The van der Waals surface area contributed by atoms with Gasteiger partial charge < -0.3 is 5.32 Å². The molecule has 0 aliphatic carbocycles. The first-order valence-electron chi connectivity index (χ1n) is 5.07. The topological polar surface area (TPSA) is 24.9 Å². The fourth-order valence-electron chi connectivity index (χ4n) is 1.18. The number of rotatable bonds is 6. The SMILES string of the molecule is CCC(Cl)CCNCc1ccccn1. The molecule has 0 aliphatic rings. The van der Waals surface area contributed by atoms with Crippen molar-refractivity contribution in [3.8, 4) is 0 Å². The van der Waals surface area contributed by atoms with Crippen LogP contribution in [0.3, 0.4) is 0 Å². The van der Waals surface area contributed by atoms with Crippen molar-refractivity contribution >= 4 is 11.6 Å². The average Bonchev–Trinajstić information content (AvgIpc) is 2.25. The number of aromatic nitrogens is 1. The van der Waals surface area contributed by atoms with Crippen molar-refractivity contribution in [2.75, 3.05) is 6.54 Å². The van der Waals surface area contributed by atoms with Crippen LogP contribution in [0.5, 0.6) is 0 Å². The Hall–Kier alpha value is -0.600. The predicted octanol–water partition coefficient (Wildman–Crippen LogP) is 2.58. The summed E-state index contributed by atoms with van der Waals surface area (Å²) in [6.45, 7) is 3.89. The molecule has 0 saturated heterocycles. The van der Waals surface area contributed by atoms with Gasteiger partial charge in [0.2, 0.25) is 0 Å². The van der Waals surface area contributed by atoms with Gasteiger partial charge in [0.05, 0.1) is 5.69 Å². The van der Waals surface area contributed by atoms with Gasteiger partial charge in [-0.25, -0.2) is 0 Å². The third-order valence-electron chi connectivity index (χ3n) is 2.11. The molecule has 3 heteroatoms. The fraction of sp³-hybridized carbons (Fsp3) is 0.545. The van der Waals surface area contributed by atoms with Gasteiger partial charge in [-0.1, -0.05) is 13.0 Å². The third-order valence-corrected chi connectivity index (χ3v) is 2.64. The van der Waals surface area contributed by atoms with Crippen molar-refractivity contribution in [1.82, 2.24) is 10.3 Å². The van der Waals surface area contributed by atoms with Crippen LogP contribution in [0, 0.1) is 0 Å². The third kappa shape index (κ3) is 4.58. The van der Waals surface area contributed by atoms with Crippen molar-refractivity contribution < 1.29 is 0 Å². The van der Waals surface area contributed by atoms with Gasteiger partial charge in [0.25, 0.3) is 0 Å². The molecule has 0 spiro atoms. The quantitative estimate of drug-likeness (QED) is 0.579. The van der Waals surface area contributed by atoms with Crippen LogP contribution in [0.4, 0.5) is 0 Å². The van der Waals surface area contributed by atoms with Crippen molar-refractivity contribution in [2.45, 2.75) is 31.7 Å². The molecule has 2 nitrogen and oxygen atoms in total. The highest BCUT2D eigenvalue weighted by molar-refractivity contribution is 6.20. The Kier molecular flexibility index (Phi) is 5.57. The molecule has 14 heavy (non-hydrogen) atoms. The van der Waals surface area contributed by atoms with Crippen LogP contribution in [0.25, 0.3) is 0 Å². The zero-order chi connectivity index (χ0) is 10.2. The van der Waals surface area contributed by atoms with Crippen LogP contribution in [0.15, 0.2) is 24.4 Å². The highest BCUT2D eigenvalue weighted by Crippen LogP contribution is 2.04. The second kappa shape index (κ2) is 6.80. The summed E-state index contributed by atoms with van der Waals surface area (Å²) in [6, 6.07) is 5.95. The van der Waals surface area contributed by atoms with Gasteiger partial charge in [0.1, 0.15) is 0 Å². The molecule has 1 atom stereocenters. The monoisotopic (exact) mass is 212 g/mol. The van der Waals surface area contributed by atoms with Crippen molar-refractivity contribution in [2.24, 2.45) is 0 Å². The predicted molar refractivity (Wildman–Crippen MR) is 60.5 cm³/mol. The molecular weight excluding hydrogens is 196 g/mol. The van der Waals surface area contributed by atoms with E-state index < -0.39 is 0 Å². The first-order chi connectivity index (χ1) is 6.83. The van der Waals surface area contributed by atoms with Crippen molar-refractivity contribution in [3.05, 3.63) is 30.1 Å². The average molecular weight is 213 g/mol. The Morgan fingerprint density at radius 1 is 1.50 bits per heavy atom. The standard InChI is InChI=1S/C11H17ClN2/c1-2-10(12)6-8-13-9-11-5-3-4-7-14-11/h3-5,7,10,13H,2,6,8-9H2,1H3. The summed E-state index contributed by atoms with van der Waals surface area (Å²) >= 11 is 5.99. The minimum absolute atomic E-state index is 0.297. The number of nitrogens with zero attached hydrogens (tertiary/aromatic N) is 1. The largest absolute Gasteiger partial charge is 0.311 e. The molecule has 78 valence electrons. The molecule has 0 aliphatic heterocycles. The Morgan fingerprint density at radius 2 is 2.36 bits per heavy atom. The lowest BCUT2D eigenvalue weighted by molar-refractivity contribution is 0.615. The first kappa shape index (κ1) is 11.5. The molecule has 1 aromatic heterocycles. The summed E-state index contributed by atoms with van der Waals surface area (Å²) in [5, 5.41) is 3.62. The zero-order valence-corrected chi connectivity index (χ0v) is 9.30. The molecule has 1 rings (SSSR count). The van der Waals surface area contributed by atoms with Gasteiger partial charge in [0, 0.05) is 18.1 Å². The van der Waals surface area contributed by atoms with E-state index in [0.717, 1.165) is 31.6 Å². The van der Waals surface area contributed by atoms with E-state index in [2.05, 4.69) is 17.2 Å². The molecular formula is C11H17ClN2. The smallest absolute Gasteiger partial charge is 0.0541 e. The lowest BCUT2D eigenvalue weighted by atomic mass is 10.2. The van der Waals surface area contributed by atoms with E-state index in [1.165, 1.54) is 0 Å². The van der Waals surface area contributed by atoms with E-state index in [1.54, 1.807) is 0 Å². The summed E-state index contributed by atoms with van der Waals surface area (Å²) < 4.78 is 0. The Balaban J connectivity index is 2.10. The zero-order valence-electron chi connectivity index (χ0n) is 8.54. The van der Waals surface area contributed by atoms with Crippen LogP contribution in [-0.4, -0.2) is 16.9 Å². The van der Waals surface area contributed by atoms with Crippen LogP contribution in [0.2, 0.25) is 0 Å². The summed E-state index contributed by atoms with van der Waals surface area (Å²) in [7, 11) is 0. The second-order valence-electron chi connectivity index (χ2n) is 3.29. The maximum atomic E-state index is 5.99. The van der Waals surface area contributed by atoms with Gasteiger partial charge in [0.15, 0.2) is 0 Å². The van der Waals surface area contributed by atoms with Gasteiger partial charge >= 0.3 is 0 Å². The number of hydrogen-bond acceptors (Lipinski definition) is 2. The molecule has 1 unspecified atom stereocenters. The maximum absolute atomic E-state index is 5.99. The van der Waals surface area contributed by atoms with Gasteiger partial charge in [-0.3, -0.25) is 4.98 Å². The minimum atomic E-state index is 0.297. The molecule has 1 N–H and O–H groups in total. The van der Waals surface area contributed by atoms with Gasteiger partial charge in [-0.05, 0) is 31.5 Å². The molecule has 0 radical (unpaired) electrons. The molecule has 0 aromatic carbocycles. The highest BCUT2D eigenvalue weighted by Gasteiger charge is 1.99. The van der Waals surface area contributed by atoms with Crippen LogP contribution in [-0.2, 0) is 6.54 Å². The number of alkyl halides is 1. The van der Waals surface area contributed by atoms with E-state index in [4.69, 9.17) is 11.6 Å². The van der Waals surface area contributed by atoms with Crippen molar-refractivity contribution in [1.29, 1.82) is 0 Å². The molecule has 0 fully saturated rings. The Bertz CT molecular complexity index is 238. The summed E-state index contributed by atoms with van der Waals surface area (Å²) in [6.07, 6.45) is 3.87.